The Kier molecular flexibility index (Phi) is 7.05. The minimum Gasteiger partial charge on any atom is -0.597 e. The van der Waals surface area contributed by atoms with E-state index in [1.807, 2.05) is 63.2 Å². The molecule has 4 nitrogen and oxygen atoms in total. The van der Waals surface area contributed by atoms with Crippen molar-refractivity contribution in [3.8, 4) is 0 Å². The molecule has 0 N–H and O–H groups in total. The van der Waals surface area contributed by atoms with E-state index in [0.717, 1.165) is 24.8 Å². The molecule has 2 rings (SSSR count). The summed E-state index contributed by atoms with van der Waals surface area (Å²) in [5.74, 6) is -0.194. The molecule has 0 amide bonds. The van der Waals surface area contributed by atoms with Gasteiger partial charge in [-0.25, -0.2) is 0 Å². The summed E-state index contributed by atoms with van der Waals surface area (Å²) in [5, 5.41) is 0.711. The van der Waals surface area contributed by atoms with E-state index in [-0.39, 0.29) is 16.8 Å². The van der Waals surface area contributed by atoms with Crippen molar-refractivity contribution >= 4 is 28.9 Å². The highest BCUT2D eigenvalue weighted by molar-refractivity contribution is 7.90. The molecule has 1 aromatic carbocycles. The smallest absolute Gasteiger partial charge is 0.313 e. The van der Waals surface area contributed by atoms with E-state index < -0.39 is 16.8 Å². The Morgan fingerprint density at radius 2 is 2.00 bits per heavy atom. The van der Waals surface area contributed by atoms with Gasteiger partial charge in [0.25, 0.3) is 0 Å². The molecule has 1 unspecified atom stereocenters. The average molecular weight is 400 g/mol. The van der Waals surface area contributed by atoms with E-state index in [1.165, 1.54) is 0 Å². The van der Waals surface area contributed by atoms with E-state index in [0.29, 0.717) is 18.2 Å². The lowest BCUT2D eigenvalue weighted by molar-refractivity contribution is -0.157. The van der Waals surface area contributed by atoms with Crippen LogP contribution in [0.25, 0.3) is 0 Å². The number of benzene rings is 1. The average Bonchev–Trinajstić information content (AvgIpc) is 2.57. The van der Waals surface area contributed by atoms with E-state index in [4.69, 9.17) is 16.3 Å². The van der Waals surface area contributed by atoms with Crippen molar-refractivity contribution in [1.29, 1.82) is 0 Å². The topological polar surface area (TPSA) is 52.6 Å². The molecule has 3 atom stereocenters. The van der Waals surface area contributed by atoms with Crippen molar-refractivity contribution in [3.63, 3.8) is 0 Å². The number of carbonyl (C=O) groups excluding carboxylic acids is 1. The van der Waals surface area contributed by atoms with Crippen LogP contribution in [0.15, 0.2) is 24.3 Å². The fourth-order valence-electron chi connectivity index (χ4n) is 3.30. The van der Waals surface area contributed by atoms with Crippen LogP contribution in [0.3, 0.4) is 0 Å². The molecule has 1 aliphatic rings. The van der Waals surface area contributed by atoms with Crippen LogP contribution in [-0.4, -0.2) is 38.8 Å². The van der Waals surface area contributed by atoms with Gasteiger partial charge in [-0.05, 0) is 71.6 Å². The molecule has 0 bridgehead atoms. The lowest BCUT2D eigenvalue weighted by Crippen LogP contribution is -2.57. The first kappa shape index (κ1) is 21.5. The molecular weight excluding hydrogens is 370 g/mol. The van der Waals surface area contributed by atoms with Crippen LogP contribution in [0.4, 0.5) is 0 Å². The Hall–Kier alpha value is -0.750. The second-order valence-electron chi connectivity index (χ2n) is 8.24. The Morgan fingerprint density at radius 3 is 2.54 bits per heavy atom. The summed E-state index contributed by atoms with van der Waals surface area (Å²) < 4.78 is 20.1. The van der Waals surface area contributed by atoms with Gasteiger partial charge >= 0.3 is 5.97 Å². The normalized spacial score (nSPS) is 25.7. The SMILES string of the molecule is CCOC(=O)C1(C)CC[C@H](Cc2ccc(Cl)cc2)N([S@@+]([O-])C(C)(C)C)C1. The van der Waals surface area contributed by atoms with Gasteiger partial charge in [-0.2, -0.15) is 0 Å². The Bertz CT molecular complexity index is 616. The third kappa shape index (κ3) is 5.16. The maximum atomic E-state index is 13.2. The number of hydrogen-bond acceptors (Lipinski definition) is 4. The molecule has 146 valence electrons. The third-order valence-corrected chi connectivity index (χ3v) is 6.98. The lowest BCUT2D eigenvalue weighted by Gasteiger charge is -2.45. The molecule has 6 heteroatoms. The van der Waals surface area contributed by atoms with E-state index >= 15 is 0 Å². The maximum absolute atomic E-state index is 13.2. The zero-order valence-corrected chi connectivity index (χ0v) is 18.0. The van der Waals surface area contributed by atoms with Gasteiger partial charge in [-0.1, -0.05) is 23.7 Å². The largest absolute Gasteiger partial charge is 0.597 e. The standard InChI is InChI=1S/C20H30ClNO3S/c1-6-25-18(23)20(5)12-11-17(13-15-7-9-16(21)10-8-15)22(14-20)26(24)19(2,3)4/h7-10,17H,6,11-14H2,1-5H3/t17-,20?,26+/m1/s1. The molecule has 0 spiro atoms. The monoisotopic (exact) mass is 399 g/mol. The molecule has 0 aliphatic carbocycles. The van der Waals surface area contributed by atoms with Crippen LogP contribution in [0, 0.1) is 5.41 Å². The number of ether oxygens (including phenoxy) is 1. The highest BCUT2D eigenvalue weighted by Gasteiger charge is 2.49. The summed E-state index contributed by atoms with van der Waals surface area (Å²) in [6, 6.07) is 7.92. The van der Waals surface area contributed by atoms with Crippen LogP contribution < -0.4 is 0 Å². The van der Waals surface area contributed by atoms with E-state index in [9.17, 15) is 9.35 Å². The van der Waals surface area contributed by atoms with Gasteiger partial charge in [0.1, 0.15) is 4.75 Å². The third-order valence-electron chi connectivity index (χ3n) is 4.83. The summed E-state index contributed by atoms with van der Waals surface area (Å²) in [4.78, 5) is 12.5. The Labute approximate surface area is 165 Å². The highest BCUT2D eigenvalue weighted by Crippen LogP contribution is 2.39. The quantitative estimate of drug-likeness (QED) is 0.544. The second-order valence-corrected chi connectivity index (χ2v) is 10.9. The Morgan fingerprint density at radius 1 is 1.38 bits per heavy atom. The predicted molar refractivity (Wildman–Crippen MR) is 108 cm³/mol. The van der Waals surface area contributed by atoms with Crippen molar-refractivity contribution in [3.05, 3.63) is 34.9 Å². The van der Waals surface area contributed by atoms with Gasteiger partial charge in [0.05, 0.1) is 24.6 Å². The molecule has 1 fully saturated rings. The minimum absolute atomic E-state index is 0.124. The Balaban J connectivity index is 2.24. The van der Waals surface area contributed by atoms with Gasteiger partial charge in [0.15, 0.2) is 0 Å². The molecule has 0 saturated carbocycles. The van der Waals surface area contributed by atoms with Gasteiger partial charge in [0, 0.05) is 16.4 Å². The number of carbonyl (C=O) groups is 1. The molecule has 1 aliphatic heterocycles. The van der Waals surface area contributed by atoms with Crippen molar-refractivity contribution < 1.29 is 14.1 Å². The van der Waals surface area contributed by atoms with Crippen molar-refractivity contribution in [2.45, 2.75) is 64.7 Å². The van der Waals surface area contributed by atoms with Gasteiger partial charge in [-0.3, -0.25) is 4.79 Å². The van der Waals surface area contributed by atoms with Gasteiger partial charge in [0.2, 0.25) is 0 Å². The minimum atomic E-state index is -1.20. The van der Waals surface area contributed by atoms with Crippen LogP contribution >= 0.6 is 11.6 Å². The first-order chi connectivity index (χ1) is 12.1. The zero-order valence-electron chi connectivity index (χ0n) is 16.4. The van der Waals surface area contributed by atoms with E-state index in [2.05, 4.69) is 0 Å². The molecule has 0 radical (unpaired) electrons. The summed E-state index contributed by atoms with van der Waals surface area (Å²) >= 11 is 4.79. The highest BCUT2D eigenvalue weighted by atomic mass is 35.5. The maximum Gasteiger partial charge on any atom is 0.313 e. The van der Waals surface area contributed by atoms with Gasteiger partial charge in [-0.15, -0.1) is 4.31 Å². The summed E-state index contributed by atoms with van der Waals surface area (Å²) in [5.41, 5.74) is 0.544. The molecule has 0 aromatic heterocycles. The summed E-state index contributed by atoms with van der Waals surface area (Å²) in [7, 11) is 0. The molecule has 1 aromatic rings. The fourth-order valence-corrected chi connectivity index (χ4v) is 4.98. The lowest BCUT2D eigenvalue weighted by atomic mass is 9.79. The number of nitrogens with zero attached hydrogens (tertiary/aromatic N) is 1. The van der Waals surface area contributed by atoms with Crippen LogP contribution in [0.5, 0.6) is 0 Å². The van der Waals surface area contributed by atoms with Crippen molar-refractivity contribution in [1.82, 2.24) is 4.31 Å². The molecule has 26 heavy (non-hydrogen) atoms. The van der Waals surface area contributed by atoms with Crippen molar-refractivity contribution in [2.75, 3.05) is 13.2 Å². The molecule has 1 saturated heterocycles. The molecule has 1 heterocycles. The van der Waals surface area contributed by atoms with Gasteiger partial charge < -0.3 is 9.29 Å². The van der Waals surface area contributed by atoms with Crippen LogP contribution in [0.1, 0.15) is 53.0 Å². The van der Waals surface area contributed by atoms with Crippen molar-refractivity contribution in [2.24, 2.45) is 5.41 Å². The first-order valence-corrected chi connectivity index (χ1v) is 10.7. The van der Waals surface area contributed by atoms with Crippen LogP contribution in [0.2, 0.25) is 5.02 Å². The zero-order chi connectivity index (χ0) is 19.5. The predicted octanol–water partition coefficient (Wildman–Crippen LogP) is 4.38. The number of piperidine rings is 1. The number of rotatable bonds is 5. The molecular formula is C20H30ClNO3S. The first-order valence-electron chi connectivity index (χ1n) is 9.17. The summed E-state index contributed by atoms with van der Waals surface area (Å²) in [6.07, 6.45) is 2.33. The van der Waals surface area contributed by atoms with E-state index in [1.54, 1.807) is 0 Å². The number of halogens is 1. The second kappa shape index (κ2) is 8.51. The number of hydrogen-bond donors (Lipinski definition) is 0. The number of esters is 1. The summed E-state index contributed by atoms with van der Waals surface area (Å²) in [6.45, 7) is 10.5. The fraction of sp³-hybridized carbons (Fsp3) is 0.650. The van der Waals surface area contributed by atoms with Crippen LogP contribution in [-0.2, 0) is 27.3 Å².